The monoisotopic (exact) mass is 363 g/mol. The van der Waals surface area contributed by atoms with Gasteiger partial charge in [-0.15, -0.1) is 0 Å². The van der Waals surface area contributed by atoms with E-state index in [9.17, 15) is 18.0 Å². The van der Waals surface area contributed by atoms with E-state index < -0.39 is 27.6 Å². The molecule has 0 bridgehead atoms. The van der Waals surface area contributed by atoms with Gasteiger partial charge in [0.05, 0.1) is 5.75 Å². The third-order valence-corrected chi connectivity index (χ3v) is 4.10. The van der Waals surface area contributed by atoms with Crippen molar-refractivity contribution in [3.63, 3.8) is 0 Å². The predicted molar refractivity (Wildman–Crippen MR) is 89.2 cm³/mol. The highest BCUT2D eigenvalue weighted by molar-refractivity contribution is 7.85. The average molecular weight is 363 g/mol. The molecule has 8 nitrogen and oxygen atoms in total. The lowest BCUT2D eigenvalue weighted by atomic mass is 9.85. The molecule has 5 N–H and O–H groups in total. The third-order valence-electron chi connectivity index (χ3n) is 3.30. The molecule has 0 aromatic rings. The van der Waals surface area contributed by atoms with E-state index in [0.29, 0.717) is 12.0 Å². The minimum atomic E-state index is -3.70. The lowest BCUT2D eigenvalue weighted by Crippen LogP contribution is -2.48. The van der Waals surface area contributed by atoms with E-state index in [1.807, 2.05) is 6.92 Å². The summed E-state index contributed by atoms with van der Waals surface area (Å²) in [5.41, 5.74) is 4.53. The number of unbranched alkanes of at least 4 members (excludes halogenated alkanes) is 3. The maximum Gasteiger partial charge on any atom is 0.331 e. The molecule has 1 rings (SSSR count). The van der Waals surface area contributed by atoms with Gasteiger partial charge in [0.2, 0.25) is 0 Å². The summed E-state index contributed by atoms with van der Waals surface area (Å²) >= 11 is 0. The van der Waals surface area contributed by atoms with Crippen LogP contribution in [0.5, 0.6) is 0 Å². The van der Waals surface area contributed by atoms with Crippen molar-refractivity contribution in [3.05, 3.63) is 23.3 Å². The molecular formula is C15H25NO7S. The Balaban J connectivity index is 0.000000470. The van der Waals surface area contributed by atoms with Crippen LogP contribution in [-0.2, 0) is 19.7 Å². The maximum atomic E-state index is 10.8. The number of carboxylic acids is 2. The van der Waals surface area contributed by atoms with Crippen molar-refractivity contribution in [1.82, 2.24) is 0 Å². The van der Waals surface area contributed by atoms with Gasteiger partial charge in [-0.1, -0.05) is 37.8 Å². The summed E-state index contributed by atoms with van der Waals surface area (Å²) in [4.78, 5) is 21.5. The molecule has 24 heavy (non-hydrogen) atoms. The van der Waals surface area contributed by atoms with Crippen molar-refractivity contribution < 1.29 is 32.8 Å². The smallest absolute Gasteiger partial charge is 0.331 e. The Hall–Kier alpha value is -1.71. The van der Waals surface area contributed by atoms with E-state index in [4.69, 9.17) is 20.5 Å². The Morgan fingerprint density at radius 3 is 2.25 bits per heavy atom. The number of rotatable bonds is 7. The van der Waals surface area contributed by atoms with Crippen LogP contribution >= 0.6 is 0 Å². The average Bonchev–Trinajstić information content (AvgIpc) is 2.42. The van der Waals surface area contributed by atoms with Gasteiger partial charge in [-0.05, 0) is 19.4 Å². The zero-order valence-electron chi connectivity index (χ0n) is 13.9. The number of hydrogen-bond acceptors (Lipinski definition) is 5. The Bertz CT molecular complexity index is 622. The number of carboxylic acid groups (broad SMARTS) is 2. The number of hydrogen-bond donors (Lipinski definition) is 4. The van der Waals surface area contributed by atoms with Gasteiger partial charge >= 0.3 is 11.9 Å². The van der Waals surface area contributed by atoms with Gasteiger partial charge in [0, 0.05) is 12.0 Å². The summed E-state index contributed by atoms with van der Waals surface area (Å²) in [6, 6.07) is 0. The molecule has 1 aliphatic rings. The lowest BCUT2D eigenvalue weighted by molar-refractivity contribution is -0.141. The van der Waals surface area contributed by atoms with E-state index in [2.05, 4.69) is 0 Å². The fourth-order valence-electron chi connectivity index (χ4n) is 2.13. The fraction of sp³-hybridized carbons (Fsp3) is 0.600. The van der Waals surface area contributed by atoms with Crippen molar-refractivity contribution in [2.45, 2.75) is 51.5 Å². The van der Waals surface area contributed by atoms with Gasteiger partial charge in [-0.2, -0.15) is 8.42 Å². The SMILES string of the molecule is CC1=CC(N)(C(=O)O)CC(C(=O)O)=C1.CCCCCCS(=O)(=O)O. The lowest BCUT2D eigenvalue weighted by Gasteiger charge is -2.25. The first kappa shape index (κ1) is 22.3. The van der Waals surface area contributed by atoms with Crippen LogP contribution in [0, 0.1) is 0 Å². The standard InChI is InChI=1S/C9H11NO4.C6H14O3S/c1-5-2-6(7(11)12)4-9(10,3-5)8(13)14;1-2-3-4-5-6-10(7,8)9/h2-3H,4,10H2,1H3,(H,11,12)(H,13,14);2-6H2,1H3,(H,7,8,9). The Labute approximate surface area is 141 Å². The van der Waals surface area contributed by atoms with Crippen molar-refractivity contribution >= 4 is 22.1 Å². The Morgan fingerprint density at radius 1 is 1.25 bits per heavy atom. The largest absolute Gasteiger partial charge is 0.480 e. The summed E-state index contributed by atoms with van der Waals surface area (Å²) in [5, 5.41) is 17.6. The summed E-state index contributed by atoms with van der Waals surface area (Å²) in [5.74, 6) is -2.44. The molecule has 1 aliphatic carbocycles. The first-order valence-corrected chi connectivity index (χ1v) is 9.13. The molecule has 0 radical (unpaired) electrons. The van der Waals surface area contributed by atoms with Gasteiger partial charge in [0.15, 0.2) is 0 Å². The van der Waals surface area contributed by atoms with Crippen LogP contribution in [-0.4, -0.2) is 46.4 Å². The first-order chi connectivity index (χ1) is 10.9. The molecule has 1 unspecified atom stereocenters. The van der Waals surface area contributed by atoms with E-state index in [-0.39, 0.29) is 17.7 Å². The van der Waals surface area contributed by atoms with Crippen LogP contribution in [0.1, 0.15) is 46.0 Å². The first-order valence-electron chi connectivity index (χ1n) is 7.52. The maximum absolute atomic E-state index is 10.8. The number of aliphatic carboxylic acids is 2. The number of carbonyl (C=O) groups is 2. The van der Waals surface area contributed by atoms with E-state index in [1.165, 1.54) is 12.2 Å². The van der Waals surface area contributed by atoms with Crippen molar-refractivity contribution in [2.24, 2.45) is 5.73 Å². The van der Waals surface area contributed by atoms with Gasteiger partial charge in [-0.3, -0.25) is 4.55 Å². The van der Waals surface area contributed by atoms with Crippen LogP contribution < -0.4 is 5.73 Å². The molecule has 0 spiro atoms. The zero-order valence-corrected chi connectivity index (χ0v) is 14.7. The van der Waals surface area contributed by atoms with Gasteiger partial charge < -0.3 is 15.9 Å². The molecule has 9 heteroatoms. The molecule has 0 saturated heterocycles. The topological polar surface area (TPSA) is 155 Å². The van der Waals surface area contributed by atoms with E-state index in [0.717, 1.165) is 19.3 Å². The number of nitrogens with two attached hydrogens (primary N) is 1. The van der Waals surface area contributed by atoms with Crippen LogP contribution in [0.2, 0.25) is 0 Å². The summed E-state index contributed by atoms with van der Waals surface area (Å²) in [6.45, 7) is 3.67. The highest BCUT2D eigenvalue weighted by Crippen LogP contribution is 2.24. The Kier molecular flexibility index (Phi) is 8.87. The normalized spacial score (nSPS) is 20.3. The highest BCUT2D eigenvalue weighted by Gasteiger charge is 2.36. The second kappa shape index (κ2) is 9.55. The summed E-state index contributed by atoms with van der Waals surface area (Å²) in [6.07, 6.45) is 6.18. The fourth-order valence-corrected chi connectivity index (χ4v) is 2.69. The van der Waals surface area contributed by atoms with Gasteiger partial charge in [-0.25, -0.2) is 9.59 Å². The van der Waals surface area contributed by atoms with Crippen LogP contribution in [0.15, 0.2) is 23.3 Å². The van der Waals surface area contributed by atoms with Crippen LogP contribution in [0.25, 0.3) is 0 Å². The molecule has 0 aromatic carbocycles. The molecule has 0 fully saturated rings. The second-order valence-corrected chi connectivity index (χ2v) is 7.30. The minimum Gasteiger partial charge on any atom is -0.480 e. The quantitative estimate of drug-likeness (QED) is 0.392. The summed E-state index contributed by atoms with van der Waals surface area (Å²) < 4.78 is 28.6. The highest BCUT2D eigenvalue weighted by atomic mass is 32.2. The summed E-state index contributed by atoms with van der Waals surface area (Å²) in [7, 11) is -3.70. The van der Waals surface area contributed by atoms with E-state index >= 15 is 0 Å². The molecule has 0 aromatic heterocycles. The molecule has 0 aliphatic heterocycles. The van der Waals surface area contributed by atoms with Crippen molar-refractivity contribution in [2.75, 3.05) is 5.75 Å². The molecule has 0 heterocycles. The zero-order chi connectivity index (χ0) is 19.0. The van der Waals surface area contributed by atoms with Gasteiger partial charge in [0.1, 0.15) is 5.54 Å². The van der Waals surface area contributed by atoms with Gasteiger partial charge in [0.25, 0.3) is 10.1 Å². The number of allylic oxidation sites excluding steroid dienone is 2. The van der Waals surface area contributed by atoms with Crippen LogP contribution in [0.4, 0.5) is 0 Å². The molecule has 0 amide bonds. The molecule has 0 saturated carbocycles. The van der Waals surface area contributed by atoms with E-state index in [1.54, 1.807) is 6.92 Å². The molecule has 1 atom stereocenters. The predicted octanol–water partition coefficient (Wildman–Crippen LogP) is 1.58. The minimum absolute atomic E-state index is 0.0231. The Morgan fingerprint density at radius 2 is 1.83 bits per heavy atom. The van der Waals surface area contributed by atoms with Crippen molar-refractivity contribution in [1.29, 1.82) is 0 Å². The van der Waals surface area contributed by atoms with Crippen molar-refractivity contribution in [3.8, 4) is 0 Å². The van der Waals surface area contributed by atoms with Crippen LogP contribution in [0.3, 0.4) is 0 Å². The second-order valence-electron chi connectivity index (χ2n) is 5.73. The third kappa shape index (κ3) is 8.80. The molecular weight excluding hydrogens is 338 g/mol. The molecule has 138 valence electrons.